The summed E-state index contributed by atoms with van der Waals surface area (Å²) in [6.07, 6.45) is 1.27. The van der Waals surface area contributed by atoms with E-state index in [1.807, 2.05) is 31.2 Å². The van der Waals surface area contributed by atoms with Crippen molar-refractivity contribution in [2.75, 3.05) is 5.75 Å². The average molecular weight is 461 g/mol. The second-order valence-electron chi connectivity index (χ2n) is 7.21. The first-order chi connectivity index (χ1) is 15.9. The molecule has 0 aliphatic carbocycles. The Morgan fingerprint density at radius 3 is 2.64 bits per heavy atom. The van der Waals surface area contributed by atoms with Crippen LogP contribution in [0.15, 0.2) is 81.8 Å². The van der Waals surface area contributed by atoms with Crippen molar-refractivity contribution >= 4 is 34.8 Å². The van der Waals surface area contributed by atoms with Gasteiger partial charge in [0.1, 0.15) is 11.5 Å². The molecule has 1 amide bonds. The zero-order valence-corrected chi connectivity index (χ0v) is 18.4. The fourth-order valence-corrected chi connectivity index (χ4v) is 3.91. The van der Waals surface area contributed by atoms with E-state index < -0.39 is 5.91 Å². The van der Waals surface area contributed by atoms with Crippen molar-refractivity contribution in [3.8, 4) is 17.2 Å². The van der Waals surface area contributed by atoms with Gasteiger partial charge < -0.3 is 10.2 Å². The number of aromatic hydroxyl groups is 2. The molecule has 166 valence electrons. The summed E-state index contributed by atoms with van der Waals surface area (Å²) in [6.45, 7) is 1.96. The molecule has 0 unspecified atom stereocenters. The number of hydrazone groups is 1. The van der Waals surface area contributed by atoms with Crippen molar-refractivity contribution in [2.24, 2.45) is 5.10 Å². The molecule has 0 saturated carbocycles. The Hall–Kier alpha value is -4.11. The van der Waals surface area contributed by atoms with E-state index in [1.54, 1.807) is 24.3 Å². The number of hydrogen-bond acceptors (Lipinski definition) is 7. The van der Waals surface area contributed by atoms with Gasteiger partial charge in [-0.2, -0.15) is 5.10 Å². The summed E-state index contributed by atoms with van der Waals surface area (Å²) in [7, 11) is 0. The van der Waals surface area contributed by atoms with Crippen LogP contribution in [0.2, 0.25) is 0 Å². The van der Waals surface area contributed by atoms with E-state index in [4.69, 9.17) is 0 Å². The number of amides is 1. The Morgan fingerprint density at radius 2 is 1.88 bits per heavy atom. The molecule has 0 atom stereocenters. The van der Waals surface area contributed by atoms with E-state index in [1.165, 1.54) is 29.0 Å². The number of rotatable bonds is 6. The van der Waals surface area contributed by atoms with Crippen LogP contribution in [0.25, 0.3) is 16.6 Å². The van der Waals surface area contributed by atoms with E-state index >= 15 is 0 Å². The van der Waals surface area contributed by atoms with Crippen LogP contribution in [0.1, 0.15) is 11.1 Å². The number of carbonyl (C=O) groups is 1. The van der Waals surface area contributed by atoms with Gasteiger partial charge in [-0.05, 0) is 43.3 Å². The zero-order valence-electron chi connectivity index (χ0n) is 17.6. The molecule has 33 heavy (non-hydrogen) atoms. The number of aryl methyl sites for hydroxylation is 1. The quantitative estimate of drug-likeness (QED) is 0.176. The van der Waals surface area contributed by atoms with Gasteiger partial charge in [0, 0.05) is 11.6 Å². The highest BCUT2D eigenvalue weighted by molar-refractivity contribution is 7.99. The first kappa shape index (κ1) is 22.1. The molecule has 0 saturated heterocycles. The van der Waals surface area contributed by atoms with Crippen molar-refractivity contribution in [3.63, 3.8) is 0 Å². The van der Waals surface area contributed by atoms with E-state index in [0.29, 0.717) is 27.3 Å². The van der Waals surface area contributed by atoms with Crippen molar-refractivity contribution < 1.29 is 15.0 Å². The van der Waals surface area contributed by atoms with E-state index in [-0.39, 0.29) is 22.8 Å². The molecule has 8 nitrogen and oxygen atoms in total. The van der Waals surface area contributed by atoms with Gasteiger partial charge in [-0.15, -0.1) is 0 Å². The Bertz CT molecular complexity index is 1410. The molecular weight excluding hydrogens is 440 g/mol. The molecule has 0 spiro atoms. The van der Waals surface area contributed by atoms with Gasteiger partial charge in [0.2, 0.25) is 0 Å². The maximum atomic E-state index is 13.2. The topological polar surface area (TPSA) is 117 Å². The summed E-state index contributed by atoms with van der Waals surface area (Å²) >= 11 is 1.12. The van der Waals surface area contributed by atoms with Crippen LogP contribution in [0.5, 0.6) is 11.5 Å². The maximum Gasteiger partial charge on any atom is 0.266 e. The minimum Gasteiger partial charge on any atom is -0.508 e. The highest BCUT2D eigenvalue weighted by Crippen LogP contribution is 2.22. The second kappa shape index (κ2) is 9.58. The fraction of sp³-hybridized carbons (Fsp3) is 0.0833. The maximum absolute atomic E-state index is 13.2. The standard InChI is InChI=1S/C24H20N4O4S/c1-15-6-9-17(10-7-15)28-23(32)19-4-2-3-5-20(19)26-24(28)33-14-22(31)27-25-13-16-8-11-18(29)12-21(16)30/h2-13,29-30H,14H2,1H3,(H,27,31)/b25-13+. The predicted octanol–water partition coefficient (Wildman–Crippen LogP) is 3.35. The third-order valence-corrected chi connectivity index (χ3v) is 5.71. The lowest BCUT2D eigenvalue weighted by atomic mass is 10.2. The van der Waals surface area contributed by atoms with Gasteiger partial charge in [0.05, 0.1) is 28.6 Å². The fourth-order valence-electron chi connectivity index (χ4n) is 3.11. The van der Waals surface area contributed by atoms with Crippen molar-refractivity contribution in [2.45, 2.75) is 12.1 Å². The summed E-state index contributed by atoms with van der Waals surface area (Å²) in [5.74, 6) is -0.681. The van der Waals surface area contributed by atoms with Gasteiger partial charge in [-0.3, -0.25) is 14.2 Å². The average Bonchev–Trinajstić information content (AvgIpc) is 2.80. The number of carbonyl (C=O) groups excluding carboxylic acids is 1. The number of fused-ring (bicyclic) bond motifs is 1. The molecule has 1 heterocycles. The van der Waals surface area contributed by atoms with Crippen molar-refractivity contribution in [1.82, 2.24) is 15.0 Å². The molecular formula is C24H20N4O4S. The molecule has 0 aliphatic heterocycles. The van der Waals surface area contributed by atoms with Crippen molar-refractivity contribution in [1.29, 1.82) is 0 Å². The number of nitrogens with one attached hydrogen (secondary N) is 1. The highest BCUT2D eigenvalue weighted by atomic mass is 32.2. The number of benzene rings is 3. The SMILES string of the molecule is Cc1ccc(-n2c(SCC(=O)N/N=C/c3ccc(O)cc3O)nc3ccccc3c2=O)cc1. The number of phenolic OH excluding ortho intramolecular Hbond substituents is 2. The van der Waals surface area contributed by atoms with Gasteiger partial charge in [0.15, 0.2) is 5.16 Å². The molecule has 1 aromatic heterocycles. The molecule has 4 rings (SSSR count). The summed E-state index contributed by atoms with van der Waals surface area (Å²) in [5, 5.41) is 23.8. The number of hydrogen-bond donors (Lipinski definition) is 3. The Balaban J connectivity index is 1.55. The third-order valence-electron chi connectivity index (χ3n) is 4.78. The Labute approximate surface area is 193 Å². The molecule has 0 fully saturated rings. The Morgan fingerprint density at radius 1 is 1.12 bits per heavy atom. The molecule has 0 bridgehead atoms. The molecule has 3 aromatic carbocycles. The summed E-state index contributed by atoms with van der Waals surface area (Å²) in [4.78, 5) is 30.1. The lowest BCUT2D eigenvalue weighted by Gasteiger charge is -2.13. The largest absolute Gasteiger partial charge is 0.508 e. The molecule has 9 heteroatoms. The predicted molar refractivity (Wildman–Crippen MR) is 128 cm³/mol. The zero-order chi connectivity index (χ0) is 23.4. The third kappa shape index (κ3) is 5.04. The number of thioether (sulfide) groups is 1. The van der Waals surface area contributed by atoms with Crippen LogP contribution >= 0.6 is 11.8 Å². The van der Waals surface area contributed by atoms with Gasteiger partial charge in [0.25, 0.3) is 11.5 Å². The van der Waals surface area contributed by atoms with Crippen LogP contribution in [0.3, 0.4) is 0 Å². The van der Waals surface area contributed by atoms with Gasteiger partial charge in [-0.1, -0.05) is 41.6 Å². The lowest BCUT2D eigenvalue weighted by Crippen LogP contribution is -2.24. The van der Waals surface area contributed by atoms with Gasteiger partial charge in [-0.25, -0.2) is 10.4 Å². The van der Waals surface area contributed by atoms with Gasteiger partial charge >= 0.3 is 0 Å². The van der Waals surface area contributed by atoms with E-state index in [2.05, 4.69) is 15.5 Å². The smallest absolute Gasteiger partial charge is 0.266 e. The first-order valence-electron chi connectivity index (χ1n) is 9.98. The van der Waals surface area contributed by atoms with Crippen molar-refractivity contribution in [3.05, 3.63) is 88.2 Å². The number of phenols is 2. The van der Waals surface area contributed by atoms with E-state index in [9.17, 15) is 19.8 Å². The number of nitrogens with zero attached hydrogens (tertiary/aromatic N) is 3. The minimum atomic E-state index is -0.410. The summed E-state index contributed by atoms with van der Waals surface area (Å²) in [5.41, 5.74) is 4.78. The normalized spacial score (nSPS) is 11.2. The van der Waals surface area contributed by atoms with Crippen LogP contribution in [-0.4, -0.2) is 37.6 Å². The summed E-state index contributed by atoms with van der Waals surface area (Å²) in [6, 6.07) is 18.6. The monoisotopic (exact) mass is 460 g/mol. The first-order valence-corrected chi connectivity index (χ1v) is 11.0. The Kier molecular flexibility index (Phi) is 6.41. The summed E-state index contributed by atoms with van der Waals surface area (Å²) < 4.78 is 1.50. The molecule has 3 N–H and O–H groups in total. The van der Waals surface area contributed by atoms with Crippen LogP contribution in [-0.2, 0) is 4.79 Å². The molecule has 0 radical (unpaired) electrons. The number of aromatic nitrogens is 2. The van der Waals surface area contributed by atoms with Crippen LogP contribution < -0.4 is 11.0 Å². The second-order valence-corrected chi connectivity index (χ2v) is 8.16. The van der Waals surface area contributed by atoms with E-state index in [0.717, 1.165) is 17.3 Å². The molecule has 4 aromatic rings. The van der Waals surface area contributed by atoms with Crippen LogP contribution in [0, 0.1) is 6.92 Å². The number of para-hydroxylation sites is 1. The minimum absolute atomic E-state index is 0.0322. The van der Waals surface area contributed by atoms with Crippen LogP contribution in [0.4, 0.5) is 0 Å². The molecule has 0 aliphatic rings. The lowest BCUT2D eigenvalue weighted by molar-refractivity contribution is -0.118. The highest BCUT2D eigenvalue weighted by Gasteiger charge is 2.14.